The zero-order chi connectivity index (χ0) is 17.1. The normalized spacial score (nSPS) is 17.1. The third-order valence-corrected chi connectivity index (χ3v) is 4.29. The number of hydrogen-bond donors (Lipinski definition) is 2. The largest absolute Gasteiger partial charge is 0.357 e. The molecule has 0 aliphatic carbocycles. The maximum atomic E-state index is 11.6. The second kappa shape index (κ2) is 11.3. The van der Waals surface area contributed by atoms with Gasteiger partial charge in [-0.3, -0.25) is 4.79 Å². The summed E-state index contributed by atoms with van der Waals surface area (Å²) in [6.45, 7) is 9.97. The number of piperidine rings is 1. The summed E-state index contributed by atoms with van der Waals surface area (Å²) in [5, 5.41) is 6.49. The standard InChI is InChI=1S/C17H35N5O/c1-5-18-17(20-14-16(23)21(3)4)19-10-6-7-11-22-12-8-15(2)9-13-22/h15H,5-14H2,1-4H3,(H2,18,19,20). The van der Waals surface area contributed by atoms with Gasteiger partial charge in [0, 0.05) is 27.2 Å². The van der Waals surface area contributed by atoms with Gasteiger partial charge >= 0.3 is 0 Å². The van der Waals surface area contributed by atoms with Gasteiger partial charge in [-0.2, -0.15) is 0 Å². The van der Waals surface area contributed by atoms with E-state index in [0.29, 0.717) is 0 Å². The quantitative estimate of drug-likeness (QED) is 0.399. The summed E-state index contributed by atoms with van der Waals surface area (Å²) in [7, 11) is 3.50. The van der Waals surface area contributed by atoms with Gasteiger partial charge in [0.1, 0.15) is 6.54 Å². The smallest absolute Gasteiger partial charge is 0.243 e. The van der Waals surface area contributed by atoms with Gasteiger partial charge in [0.2, 0.25) is 5.91 Å². The maximum Gasteiger partial charge on any atom is 0.243 e. The van der Waals surface area contributed by atoms with Crippen LogP contribution in [-0.2, 0) is 4.79 Å². The fourth-order valence-electron chi connectivity index (χ4n) is 2.58. The SMILES string of the molecule is CCNC(=NCC(=O)N(C)C)NCCCCN1CCC(C)CC1. The molecule has 1 rings (SSSR count). The lowest BCUT2D eigenvalue weighted by Crippen LogP contribution is -2.39. The molecule has 0 radical (unpaired) electrons. The molecule has 0 aromatic rings. The number of likely N-dealkylation sites (tertiary alicyclic amines) is 1. The number of nitrogens with zero attached hydrogens (tertiary/aromatic N) is 3. The van der Waals surface area contributed by atoms with Gasteiger partial charge in [0.25, 0.3) is 0 Å². The molecule has 6 heteroatoms. The Morgan fingerprint density at radius 1 is 1.22 bits per heavy atom. The van der Waals surface area contributed by atoms with E-state index in [1.165, 1.54) is 38.9 Å². The van der Waals surface area contributed by atoms with Crippen molar-refractivity contribution in [2.75, 3.05) is 53.4 Å². The van der Waals surface area contributed by atoms with Crippen LogP contribution in [0.1, 0.15) is 39.5 Å². The van der Waals surface area contributed by atoms with Crippen LogP contribution in [0.2, 0.25) is 0 Å². The maximum absolute atomic E-state index is 11.6. The molecule has 0 aromatic heterocycles. The second-order valence-corrected chi connectivity index (χ2v) is 6.64. The van der Waals surface area contributed by atoms with Crippen LogP contribution in [0.15, 0.2) is 4.99 Å². The molecule has 0 aromatic carbocycles. The zero-order valence-corrected chi connectivity index (χ0v) is 15.4. The number of hydrogen-bond acceptors (Lipinski definition) is 3. The molecule has 1 aliphatic rings. The first kappa shape index (κ1) is 19.7. The van der Waals surface area contributed by atoms with Crippen molar-refractivity contribution in [3.63, 3.8) is 0 Å². The van der Waals surface area contributed by atoms with Crippen molar-refractivity contribution < 1.29 is 4.79 Å². The highest BCUT2D eigenvalue weighted by Gasteiger charge is 2.14. The Balaban J connectivity index is 2.17. The molecule has 0 bridgehead atoms. The Labute approximate surface area is 141 Å². The molecule has 1 aliphatic heterocycles. The predicted molar refractivity (Wildman–Crippen MR) is 96.7 cm³/mol. The number of guanidine groups is 1. The third-order valence-electron chi connectivity index (χ3n) is 4.29. The van der Waals surface area contributed by atoms with Crippen molar-refractivity contribution >= 4 is 11.9 Å². The molecule has 1 amide bonds. The monoisotopic (exact) mass is 325 g/mol. The Hall–Kier alpha value is -1.30. The van der Waals surface area contributed by atoms with Crippen LogP contribution in [-0.4, -0.2) is 75.0 Å². The van der Waals surface area contributed by atoms with Gasteiger partial charge in [0.15, 0.2) is 5.96 Å². The van der Waals surface area contributed by atoms with Crippen LogP contribution in [0.3, 0.4) is 0 Å². The first-order valence-corrected chi connectivity index (χ1v) is 8.97. The molecule has 23 heavy (non-hydrogen) atoms. The van der Waals surface area contributed by atoms with Crippen molar-refractivity contribution in [2.45, 2.75) is 39.5 Å². The highest BCUT2D eigenvalue weighted by molar-refractivity contribution is 5.84. The van der Waals surface area contributed by atoms with Crippen molar-refractivity contribution in [1.29, 1.82) is 0 Å². The summed E-state index contributed by atoms with van der Waals surface area (Å²) in [5.41, 5.74) is 0. The van der Waals surface area contributed by atoms with E-state index in [9.17, 15) is 4.79 Å². The fraction of sp³-hybridized carbons (Fsp3) is 0.882. The molecule has 0 spiro atoms. The van der Waals surface area contributed by atoms with Gasteiger partial charge in [-0.15, -0.1) is 0 Å². The lowest BCUT2D eigenvalue weighted by atomic mass is 9.99. The Morgan fingerprint density at radius 2 is 1.91 bits per heavy atom. The van der Waals surface area contributed by atoms with E-state index in [4.69, 9.17) is 0 Å². The van der Waals surface area contributed by atoms with Crippen LogP contribution in [0.25, 0.3) is 0 Å². The summed E-state index contributed by atoms with van der Waals surface area (Å²) in [6, 6.07) is 0. The summed E-state index contributed by atoms with van der Waals surface area (Å²) >= 11 is 0. The van der Waals surface area contributed by atoms with Crippen molar-refractivity contribution in [2.24, 2.45) is 10.9 Å². The van der Waals surface area contributed by atoms with Gasteiger partial charge in [-0.1, -0.05) is 6.92 Å². The topological polar surface area (TPSA) is 60.0 Å². The second-order valence-electron chi connectivity index (χ2n) is 6.64. The Morgan fingerprint density at radius 3 is 2.52 bits per heavy atom. The highest BCUT2D eigenvalue weighted by Crippen LogP contribution is 2.15. The summed E-state index contributed by atoms with van der Waals surface area (Å²) in [5.74, 6) is 1.65. The molecule has 2 N–H and O–H groups in total. The van der Waals surface area contributed by atoms with Crippen LogP contribution >= 0.6 is 0 Å². The van der Waals surface area contributed by atoms with E-state index < -0.39 is 0 Å². The van der Waals surface area contributed by atoms with Crippen LogP contribution < -0.4 is 10.6 Å². The molecule has 1 heterocycles. The average Bonchev–Trinajstić information content (AvgIpc) is 2.53. The predicted octanol–water partition coefficient (Wildman–Crippen LogP) is 1.14. The molecular formula is C17H35N5O. The van der Waals surface area contributed by atoms with Crippen LogP contribution in [0.4, 0.5) is 0 Å². The molecule has 0 saturated carbocycles. The minimum Gasteiger partial charge on any atom is -0.357 e. The molecule has 6 nitrogen and oxygen atoms in total. The summed E-state index contributed by atoms with van der Waals surface area (Å²) < 4.78 is 0. The Bertz CT molecular complexity index is 362. The number of carbonyl (C=O) groups excluding carboxylic acids is 1. The average molecular weight is 326 g/mol. The first-order valence-electron chi connectivity index (χ1n) is 8.97. The molecule has 1 fully saturated rings. The minimum absolute atomic E-state index is 0.0153. The third kappa shape index (κ3) is 8.79. The van der Waals surface area contributed by atoms with Gasteiger partial charge in [-0.25, -0.2) is 4.99 Å². The Kier molecular flexibility index (Phi) is 9.67. The van der Waals surface area contributed by atoms with Crippen molar-refractivity contribution in [3.05, 3.63) is 0 Å². The number of amides is 1. The summed E-state index contributed by atoms with van der Waals surface area (Å²) in [6.07, 6.45) is 5.01. The van der Waals surface area contributed by atoms with Crippen molar-refractivity contribution in [3.8, 4) is 0 Å². The minimum atomic E-state index is 0.0153. The van der Waals surface area contributed by atoms with E-state index in [0.717, 1.165) is 31.4 Å². The van der Waals surface area contributed by atoms with Crippen molar-refractivity contribution in [1.82, 2.24) is 20.4 Å². The molecule has 0 atom stereocenters. The lowest BCUT2D eigenvalue weighted by Gasteiger charge is -2.30. The lowest BCUT2D eigenvalue weighted by molar-refractivity contribution is -0.127. The van der Waals surface area contributed by atoms with E-state index in [1.807, 2.05) is 6.92 Å². The van der Waals surface area contributed by atoms with E-state index in [-0.39, 0.29) is 12.5 Å². The molecule has 1 saturated heterocycles. The number of carbonyl (C=O) groups is 1. The highest BCUT2D eigenvalue weighted by atomic mass is 16.2. The number of likely N-dealkylation sites (N-methyl/N-ethyl adjacent to an activating group) is 1. The van der Waals surface area contributed by atoms with E-state index >= 15 is 0 Å². The molecular weight excluding hydrogens is 290 g/mol. The van der Waals surface area contributed by atoms with Gasteiger partial charge in [0.05, 0.1) is 0 Å². The van der Waals surface area contributed by atoms with E-state index in [2.05, 4.69) is 27.4 Å². The fourth-order valence-corrected chi connectivity index (χ4v) is 2.58. The molecule has 134 valence electrons. The van der Waals surface area contributed by atoms with E-state index in [1.54, 1.807) is 19.0 Å². The zero-order valence-electron chi connectivity index (χ0n) is 15.4. The van der Waals surface area contributed by atoms with Gasteiger partial charge in [-0.05, 0) is 58.2 Å². The number of rotatable bonds is 8. The number of unbranched alkanes of at least 4 members (excludes halogenated alkanes) is 1. The van der Waals surface area contributed by atoms with Crippen LogP contribution in [0.5, 0.6) is 0 Å². The number of nitrogens with one attached hydrogen (secondary N) is 2. The summed E-state index contributed by atoms with van der Waals surface area (Å²) in [4.78, 5) is 20.0. The van der Waals surface area contributed by atoms with Crippen LogP contribution in [0, 0.1) is 5.92 Å². The first-order chi connectivity index (χ1) is 11.0. The van der Waals surface area contributed by atoms with Gasteiger partial charge < -0.3 is 20.4 Å². The molecule has 0 unspecified atom stereocenters. The number of aliphatic imine (C=N–C) groups is 1.